The lowest BCUT2D eigenvalue weighted by Gasteiger charge is -2.22. The molecule has 0 aliphatic carbocycles. The Kier molecular flexibility index (Phi) is 5.91. The Labute approximate surface area is 161 Å². The van der Waals surface area contributed by atoms with E-state index in [1.165, 1.54) is 11.3 Å². The molecule has 4 nitrogen and oxygen atoms in total. The largest absolute Gasteiger partial charge is 0.508 e. The standard InChI is InChI=1S/C20H19ClN2O2S/c1-23(13-19-22-8-9-26-19)20(25)12-18(14-4-2-6-16(21)10-14)15-5-3-7-17(24)11-15/h2-11,18,24H,12-13H2,1H3/t18-/m1/s1. The van der Waals surface area contributed by atoms with Gasteiger partial charge in [-0.05, 0) is 35.4 Å². The quantitative estimate of drug-likeness (QED) is 0.669. The van der Waals surface area contributed by atoms with Gasteiger partial charge in [0.1, 0.15) is 10.8 Å². The van der Waals surface area contributed by atoms with E-state index < -0.39 is 0 Å². The van der Waals surface area contributed by atoms with Crippen LogP contribution in [0.5, 0.6) is 5.75 Å². The molecule has 0 radical (unpaired) electrons. The Hall–Kier alpha value is -2.37. The van der Waals surface area contributed by atoms with Crippen LogP contribution in [0.3, 0.4) is 0 Å². The molecule has 0 aliphatic heterocycles. The maximum absolute atomic E-state index is 12.8. The van der Waals surface area contributed by atoms with E-state index >= 15 is 0 Å². The lowest BCUT2D eigenvalue weighted by Crippen LogP contribution is -2.27. The summed E-state index contributed by atoms with van der Waals surface area (Å²) in [6, 6.07) is 14.5. The van der Waals surface area contributed by atoms with Crippen molar-refractivity contribution >= 4 is 28.8 Å². The predicted octanol–water partition coefficient (Wildman–Crippen LogP) is 4.68. The SMILES string of the molecule is CN(Cc1nccs1)C(=O)C[C@@H](c1cccc(O)c1)c1cccc(Cl)c1. The molecule has 1 N–H and O–H groups in total. The predicted molar refractivity (Wildman–Crippen MR) is 105 cm³/mol. The van der Waals surface area contributed by atoms with E-state index in [0.717, 1.165) is 16.1 Å². The van der Waals surface area contributed by atoms with Gasteiger partial charge < -0.3 is 10.0 Å². The van der Waals surface area contributed by atoms with E-state index in [-0.39, 0.29) is 24.0 Å². The number of thiazole rings is 1. The van der Waals surface area contributed by atoms with Crippen molar-refractivity contribution in [2.75, 3.05) is 7.05 Å². The molecule has 0 unspecified atom stereocenters. The first-order valence-electron chi connectivity index (χ1n) is 8.19. The Bertz CT molecular complexity index is 838. The number of aromatic nitrogens is 1. The minimum absolute atomic E-state index is 0.00789. The van der Waals surface area contributed by atoms with Crippen molar-refractivity contribution in [3.63, 3.8) is 0 Å². The van der Waals surface area contributed by atoms with Crippen LogP contribution in [0.4, 0.5) is 0 Å². The molecule has 1 aromatic heterocycles. The number of amides is 1. The van der Waals surface area contributed by atoms with E-state index in [4.69, 9.17) is 11.6 Å². The number of phenols is 1. The molecule has 0 spiro atoms. The Morgan fingerprint density at radius 2 is 1.96 bits per heavy atom. The first kappa shape index (κ1) is 18.4. The number of nitrogens with zero attached hydrogens (tertiary/aromatic N) is 2. The second-order valence-electron chi connectivity index (χ2n) is 6.08. The van der Waals surface area contributed by atoms with Crippen LogP contribution >= 0.6 is 22.9 Å². The van der Waals surface area contributed by atoms with Gasteiger partial charge in [-0.1, -0.05) is 35.9 Å². The van der Waals surface area contributed by atoms with Crippen LogP contribution in [0.1, 0.15) is 28.5 Å². The molecule has 1 amide bonds. The van der Waals surface area contributed by atoms with Crippen LogP contribution in [-0.4, -0.2) is 27.9 Å². The van der Waals surface area contributed by atoms with Crippen LogP contribution in [0.15, 0.2) is 60.1 Å². The molecule has 0 aliphatic rings. The summed E-state index contributed by atoms with van der Waals surface area (Å²) < 4.78 is 0. The monoisotopic (exact) mass is 386 g/mol. The number of phenolic OH excluding ortho intramolecular Hbond substituents is 1. The highest BCUT2D eigenvalue weighted by atomic mass is 35.5. The summed E-state index contributed by atoms with van der Waals surface area (Å²) in [6.07, 6.45) is 2.02. The van der Waals surface area contributed by atoms with Crippen molar-refractivity contribution in [2.45, 2.75) is 18.9 Å². The number of carbonyl (C=O) groups excluding carboxylic acids is 1. The van der Waals surface area contributed by atoms with Crippen molar-refractivity contribution in [2.24, 2.45) is 0 Å². The Morgan fingerprint density at radius 3 is 2.62 bits per heavy atom. The van der Waals surface area contributed by atoms with Crippen LogP contribution in [0.2, 0.25) is 5.02 Å². The molecule has 1 atom stereocenters. The minimum Gasteiger partial charge on any atom is -0.508 e. The number of benzene rings is 2. The lowest BCUT2D eigenvalue weighted by molar-refractivity contribution is -0.130. The van der Waals surface area contributed by atoms with Gasteiger partial charge in [0.05, 0.1) is 6.54 Å². The van der Waals surface area contributed by atoms with E-state index in [1.807, 2.05) is 29.6 Å². The van der Waals surface area contributed by atoms with E-state index in [2.05, 4.69) is 4.98 Å². The molecule has 0 fully saturated rings. The second-order valence-corrected chi connectivity index (χ2v) is 7.50. The van der Waals surface area contributed by atoms with Crippen LogP contribution < -0.4 is 0 Å². The highest BCUT2D eigenvalue weighted by Gasteiger charge is 2.21. The zero-order chi connectivity index (χ0) is 18.5. The molecule has 0 saturated heterocycles. The first-order valence-corrected chi connectivity index (χ1v) is 9.45. The third-order valence-corrected chi connectivity index (χ3v) is 5.18. The summed E-state index contributed by atoms with van der Waals surface area (Å²) in [5, 5.41) is 13.3. The van der Waals surface area contributed by atoms with Gasteiger partial charge in [-0.25, -0.2) is 4.98 Å². The third kappa shape index (κ3) is 4.62. The minimum atomic E-state index is -0.188. The topological polar surface area (TPSA) is 53.4 Å². The van der Waals surface area contributed by atoms with Crippen molar-refractivity contribution in [3.05, 3.63) is 81.3 Å². The fraction of sp³-hybridized carbons (Fsp3) is 0.200. The van der Waals surface area contributed by atoms with Gasteiger partial charge in [0.25, 0.3) is 0 Å². The van der Waals surface area contributed by atoms with E-state index in [1.54, 1.807) is 42.4 Å². The number of carbonyl (C=O) groups is 1. The van der Waals surface area contributed by atoms with Gasteiger partial charge in [-0.15, -0.1) is 11.3 Å². The summed E-state index contributed by atoms with van der Waals surface area (Å²) in [4.78, 5) is 18.7. The zero-order valence-electron chi connectivity index (χ0n) is 14.3. The van der Waals surface area contributed by atoms with Crippen LogP contribution in [-0.2, 0) is 11.3 Å². The average molecular weight is 387 g/mol. The summed E-state index contributed by atoms with van der Waals surface area (Å²) >= 11 is 7.68. The lowest BCUT2D eigenvalue weighted by atomic mass is 9.88. The van der Waals surface area contributed by atoms with Gasteiger partial charge in [0.15, 0.2) is 0 Å². The summed E-state index contributed by atoms with van der Waals surface area (Å²) in [5.41, 5.74) is 1.82. The number of halogens is 1. The molecule has 1 heterocycles. The van der Waals surface area contributed by atoms with Gasteiger partial charge in [0, 0.05) is 36.0 Å². The first-order chi connectivity index (χ1) is 12.5. The summed E-state index contributed by atoms with van der Waals surface area (Å²) in [5.74, 6) is -0.00122. The maximum Gasteiger partial charge on any atom is 0.223 e. The Balaban J connectivity index is 1.84. The number of hydrogen-bond acceptors (Lipinski definition) is 4. The fourth-order valence-corrected chi connectivity index (χ4v) is 3.71. The highest BCUT2D eigenvalue weighted by molar-refractivity contribution is 7.09. The highest BCUT2D eigenvalue weighted by Crippen LogP contribution is 2.32. The third-order valence-electron chi connectivity index (χ3n) is 4.18. The molecule has 6 heteroatoms. The smallest absolute Gasteiger partial charge is 0.223 e. The molecular formula is C20H19ClN2O2S. The summed E-state index contributed by atoms with van der Waals surface area (Å²) in [6.45, 7) is 0.485. The molecule has 0 saturated carbocycles. The normalized spacial score (nSPS) is 11.9. The number of rotatable bonds is 6. The molecule has 134 valence electrons. The van der Waals surface area contributed by atoms with Crippen molar-refractivity contribution in [1.82, 2.24) is 9.88 Å². The molecular weight excluding hydrogens is 368 g/mol. The molecule has 0 bridgehead atoms. The van der Waals surface area contributed by atoms with Crippen LogP contribution in [0.25, 0.3) is 0 Å². The molecule has 3 rings (SSSR count). The molecule has 26 heavy (non-hydrogen) atoms. The number of hydrogen-bond donors (Lipinski definition) is 1. The van der Waals surface area contributed by atoms with Crippen molar-refractivity contribution in [1.29, 1.82) is 0 Å². The zero-order valence-corrected chi connectivity index (χ0v) is 15.9. The van der Waals surface area contributed by atoms with E-state index in [9.17, 15) is 9.90 Å². The molecule has 2 aromatic carbocycles. The van der Waals surface area contributed by atoms with Gasteiger partial charge in [-0.3, -0.25) is 4.79 Å². The Morgan fingerprint density at radius 1 is 1.23 bits per heavy atom. The fourth-order valence-electron chi connectivity index (χ4n) is 2.85. The second kappa shape index (κ2) is 8.34. The van der Waals surface area contributed by atoms with Crippen LogP contribution in [0, 0.1) is 0 Å². The molecule has 3 aromatic rings. The van der Waals surface area contributed by atoms with Crippen molar-refractivity contribution < 1.29 is 9.90 Å². The average Bonchev–Trinajstić information content (AvgIpc) is 3.12. The van der Waals surface area contributed by atoms with Crippen molar-refractivity contribution in [3.8, 4) is 5.75 Å². The summed E-state index contributed by atoms with van der Waals surface area (Å²) in [7, 11) is 1.78. The van der Waals surface area contributed by atoms with Gasteiger partial charge in [0.2, 0.25) is 5.91 Å². The van der Waals surface area contributed by atoms with Gasteiger partial charge >= 0.3 is 0 Å². The van der Waals surface area contributed by atoms with Gasteiger partial charge in [-0.2, -0.15) is 0 Å². The van der Waals surface area contributed by atoms with E-state index in [0.29, 0.717) is 11.6 Å². The maximum atomic E-state index is 12.8. The number of aromatic hydroxyl groups is 1.